The lowest BCUT2D eigenvalue weighted by Gasteiger charge is -2.28. The highest BCUT2D eigenvalue weighted by molar-refractivity contribution is 5.79. The summed E-state index contributed by atoms with van der Waals surface area (Å²) < 4.78 is 17.1. The van der Waals surface area contributed by atoms with Gasteiger partial charge in [0.1, 0.15) is 11.5 Å². The summed E-state index contributed by atoms with van der Waals surface area (Å²) in [5.74, 6) is 1.44. The second-order valence-electron chi connectivity index (χ2n) is 8.78. The Kier molecular flexibility index (Phi) is 6.95. The summed E-state index contributed by atoms with van der Waals surface area (Å²) in [6, 6.07) is 21.7. The van der Waals surface area contributed by atoms with Gasteiger partial charge in [-0.1, -0.05) is 59.3 Å². The van der Waals surface area contributed by atoms with Gasteiger partial charge in [-0.05, 0) is 30.7 Å². The van der Waals surface area contributed by atoms with Crippen LogP contribution in [0.3, 0.4) is 0 Å². The molecule has 4 aromatic rings. The number of aryl methyl sites for hydroxylation is 1. The quantitative estimate of drug-likeness (QED) is 0.366. The van der Waals surface area contributed by atoms with Crippen LogP contribution in [0.4, 0.5) is 5.88 Å². The van der Waals surface area contributed by atoms with E-state index >= 15 is 0 Å². The Bertz CT molecular complexity index is 1240. The number of carbonyl (C=O) groups is 1. The zero-order chi connectivity index (χ0) is 24.0. The Morgan fingerprint density at radius 1 is 1.00 bits per heavy atom. The zero-order valence-electron chi connectivity index (χ0n) is 19.9. The molecule has 3 heterocycles. The first-order chi connectivity index (χ1) is 17.2. The molecule has 0 bridgehead atoms. The van der Waals surface area contributed by atoms with Crippen molar-refractivity contribution in [2.45, 2.75) is 26.4 Å². The normalized spacial score (nSPS) is 13.7. The number of nitrogens with zero attached hydrogens (tertiary/aromatic N) is 3. The smallest absolute Gasteiger partial charge is 0.233 e. The fourth-order valence-electron chi connectivity index (χ4n) is 4.37. The van der Waals surface area contributed by atoms with Crippen molar-refractivity contribution in [2.75, 3.05) is 31.2 Å². The predicted octanol–water partition coefficient (Wildman–Crippen LogP) is 4.85. The molecule has 1 saturated heterocycles. The molecule has 1 fully saturated rings. The SMILES string of the molecule is Cc1cccc(-c2noc(N3CCOCC3)c2CN(Cc2ccco2)C(=O)Cc2ccccc2)c1. The molecule has 1 amide bonds. The largest absolute Gasteiger partial charge is 0.467 e. The molecule has 7 nitrogen and oxygen atoms in total. The monoisotopic (exact) mass is 471 g/mol. The predicted molar refractivity (Wildman–Crippen MR) is 133 cm³/mol. The second-order valence-corrected chi connectivity index (χ2v) is 8.78. The molecule has 0 aliphatic carbocycles. The Labute approximate surface area is 204 Å². The van der Waals surface area contributed by atoms with Crippen molar-refractivity contribution in [2.24, 2.45) is 0 Å². The number of amides is 1. The molecule has 1 aliphatic rings. The van der Waals surface area contributed by atoms with Crippen LogP contribution in [-0.4, -0.2) is 42.3 Å². The fourth-order valence-corrected chi connectivity index (χ4v) is 4.37. The van der Waals surface area contributed by atoms with Gasteiger partial charge in [-0.15, -0.1) is 0 Å². The third-order valence-electron chi connectivity index (χ3n) is 6.18. The molecule has 0 unspecified atom stereocenters. The third-order valence-corrected chi connectivity index (χ3v) is 6.18. The molecule has 35 heavy (non-hydrogen) atoms. The highest BCUT2D eigenvalue weighted by atomic mass is 16.5. The van der Waals surface area contributed by atoms with Gasteiger partial charge in [0.05, 0.1) is 44.6 Å². The van der Waals surface area contributed by atoms with Crippen molar-refractivity contribution in [3.63, 3.8) is 0 Å². The maximum absolute atomic E-state index is 13.6. The van der Waals surface area contributed by atoms with Crippen LogP contribution in [0.5, 0.6) is 0 Å². The molecule has 5 rings (SSSR count). The number of furan rings is 1. The van der Waals surface area contributed by atoms with Crippen LogP contribution in [0.1, 0.15) is 22.5 Å². The minimum Gasteiger partial charge on any atom is -0.467 e. The lowest BCUT2D eigenvalue weighted by molar-refractivity contribution is -0.132. The van der Waals surface area contributed by atoms with E-state index in [9.17, 15) is 4.79 Å². The number of morpholine rings is 1. The van der Waals surface area contributed by atoms with Gasteiger partial charge >= 0.3 is 0 Å². The number of ether oxygens (including phenoxy) is 1. The summed E-state index contributed by atoms with van der Waals surface area (Å²) in [7, 11) is 0. The lowest BCUT2D eigenvalue weighted by atomic mass is 10.0. The van der Waals surface area contributed by atoms with E-state index in [-0.39, 0.29) is 5.91 Å². The van der Waals surface area contributed by atoms with Crippen LogP contribution in [0, 0.1) is 6.92 Å². The number of aromatic nitrogens is 1. The number of hydrogen-bond acceptors (Lipinski definition) is 6. The number of benzene rings is 2. The molecule has 0 saturated carbocycles. The Balaban J connectivity index is 1.51. The molecule has 1 aliphatic heterocycles. The van der Waals surface area contributed by atoms with Gasteiger partial charge in [-0.3, -0.25) is 4.79 Å². The summed E-state index contributed by atoms with van der Waals surface area (Å²) in [6.07, 6.45) is 1.94. The van der Waals surface area contributed by atoms with Gasteiger partial charge < -0.3 is 23.5 Å². The molecular formula is C28H29N3O4. The van der Waals surface area contributed by atoms with E-state index in [2.05, 4.69) is 29.1 Å². The average molecular weight is 472 g/mol. The summed E-state index contributed by atoms with van der Waals surface area (Å²) in [5, 5.41) is 4.48. The number of carbonyl (C=O) groups excluding carboxylic acids is 1. The third kappa shape index (κ3) is 5.46. The van der Waals surface area contributed by atoms with E-state index in [1.54, 1.807) is 6.26 Å². The highest BCUT2D eigenvalue weighted by Gasteiger charge is 2.27. The Hall–Kier alpha value is -3.84. The van der Waals surface area contributed by atoms with Crippen molar-refractivity contribution in [3.05, 3.63) is 95.4 Å². The summed E-state index contributed by atoms with van der Waals surface area (Å²) in [6.45, 7) is 5.45. The van der Waals surface area contributed by atoms with Crippen LogP contribution in [0.15, 0.2) is 81.9 Å². The maximum Gasteiger partial charge on any atom is 0.233 e. The highest BCUT2D eigenvalue weighted by Crippen LogP contribution is 2.34. The molecule has 0 atom stereocenters. The molecule has 7 heteroatoms. The standard InChI is InChI=1S/C28H29N3O4/c1-21-7-5-10-23(17-21)27-25(28(35-29-27)30-12-15-33-16-13-30)20-31(19-24-11-6-14-34-24)26(32)18-22-8-3-2-4-9-22/h2-11,14,17H,12-13,15-16,18-20H2,1H3. The molecule has 2 aromatic carbocycles. The van der Waals surface area contributed by atoms with E-state index in [0.717, 1.165) is 33.7 Å². The molecule has 0 radical (unpaired) electrons. The first-order valence-corrected chi connectivity index (χ1v) is 11.9. The first-order valence-electron chi connectivity index (χ1n) is 11.9. The van der Waals surface area contributed by atoms with Gasteiger partial charge in [0.2, 0.25) is 11.8 Å². The molecule has 0 N–H and O–H groups in total. The van der Waals surface area contributed by atoms with Gasteiger partial charge in [-0.25, -0.2) is 0 Å². The van der Waals surface area contributed by atoms with Gasteiger partial charge in [0.15, 0.2) is 0 Å². The van der Waals surface area contributed by atoms with Gasteiger partial charge in [-0.2, -0.15) is 0 Å². The Morgan fingerprint density at radius 2 is 1.83 bits per heavy atom. The van der Waals surface area contributed by atoms with Crippen molar-refractivity contribution in [3.8, 4) is 11.3 Å². The van der Waals surface area contributed by atoms with Crippen LogP contribution in [0.25, 0.3) is 11.3 Å². The van der Waals surface area contributed by atoms with Crippen LogP contribution < -0.4 is 4.90 Å². The van der Waals surface area contributed by atoms with Crippen molar-refractivity contribution in [1.29, 1.82) is 0 Å². The van der Waals surface area contributed by atoms with Crippen LogP contribution in [-0.2, 0) is 29.0 Å². The van der Waals surface area contributed by atoms with Crippen LogP contribution in [0.2, 0.25) is 0 Å². The maximum atomic E-state index is 13.6. The fraction of sp³-hybridized carbons (Fsp3) is 0.286. The van der Waals surface area contributed by atoms with Crippen molar-refractivity contribution >= 4 is 11.8 Å². The topological polar surface area (TPSA) is 72.0 Å². The number of rotatable bonds is 8. The first kappa shape index (κ1) is 22.9. The van der Waals surface area contributed by atoms with E-state index in [4.69, 9.17) is 13.7 Å². The van der Waals surface area contributed by atoms with Crippen molar-refractivity contribution in [1.82, 2.24) is 10.1 Å². The molecule has 0 spiro atoms. The van der Waals surface area contributed by atoms with Gasteiger partial charge in [0, 0.05) is 18.7 Å². The van der Waals surface area contributed by atoms with E-state index in [0.29, 0.717) is 51.7 Å². The number of anilines is 1. The number of hydrogen-bond donors (Lipinski definition) is 0. The molecular weight excluding hydrogens is 442 g/mol. The minimum atomic E-state index is 0.0110. The van der Waals surface area contributed by atoms with Crippen LogP contribution >= 0.6 is 0 Å². The van der Waals surface area contributed by atoms with Crippen molar-refractivity contribution < 1.29 is 18.5 Å². The second kappa shape index (κ2) is 10.6. The molecule has 180 valence electrons. The summed E-state index contributed by atoms with van der Waals surface area (Å²) in [5.41, 5.74) is 4.73. The molecule has 2 aromatic heterocycles. The lowest BCUT2D eigenvalue weighted by Crippen LogP contribution is -2.37. The average Bonchev–Trinajstić information content (AvgIpc) is 3.55. The van der Waals surface area contributed by atoms with E-state index in [1.165, 1.54) is 0 Å². The Morgan fingerprint density at radius 3 is 2.57 bits per heavy atom. The van der Waals surface area contributed by atoms with E-state index < -0.39 is 0 Å². The zero-order valence-corrected chi connectivity index (χ0v) is 19.9. The van der Waals surface area contributed by atoms with E-state index in [1.807, 2.05) is 59.5 Å². The summed E-state index contributed by atoms with van der Waals surface area (Å²) >= 11 is 0. The minimum absolute atomic E-state index is 0.0110. The van der Waals surface area contributed by atoms with Gasteiger partial charge in [0.25, 0.3) is 0 Å². The summed E-state index contributed by atoms with van der Waals surface area (Å²) in [4.78, 5) is 17.5.